The molecule has 210 valence electrons. The minimum absolute atomic E-state index is 0.0984. The predicted molar refractivity (Wildman–Crippen MR) is 144 cm³/mol. The van der Waals surface area contributed by atoms with Crippen LogP contribution in [0.5, 0.6) is 11.6 Å². The van der Waals surface area contributed by atoms with Crippen molar-refractivity contribution in [2.45, 2.75) is 70.2 Å². The van der Waals surface area contributed by atoms with Gasteiger partial charge in [-0.1, -0.05) is 6.58 Å². The molecule has 2 saturated carbocycles. The van der Waals surface area contributed by atoms with Gasteiger partial charge in [0.25, 0.3) is 0 Å². The second-order valence-electron chi connectivity index (χ2n) is 11.8. The Kier molecular flexibility index (Phi) is 6.56. The van der Waals surface area contributed by atoms with Crippen LogP contribution in [0.4, 0.5) is 13.2 Å². The summed E-state index contributed by atoms with van der Waals surface area (Å²) in [6.45, 7) is 6.98. The fourth-order valence-electron chi connectivity index (χ4n) is 6.42. The number of hydrogen-bond donors (Lipinski definition) is 2. The first-order valence-corrected chi connectivity index (χ1v) is 13.7. The summed E-state index contributed by atoms with van der Waals surface area (Å²) in [4.78, 5) is 4.37. The van der Waals surface area contributed by atoms with E-state index in [-0.39, 0.29) is 41.4 Å². The molecule has 3 atom stereocenters. The normalized spacial score (nSPS) is 26.6. The minimum atomic E-state index is -0.832. The van der Waals surface area contributed by atoms with Crippen molar-refractivity contribution in [2.75, 3.05) is 0 Å². The number of hydrogen-bond acceptors (Lipinski definition) is 5. The van der Waals surface area contributed by atoms with Crippen LogP contribution in [0, 0.1) is 36.2 Å². The summed E-state index contributed by atoms with van der Waals surface area (Å²) in [6.07, 6.45) is 4.20. The van der Waals surface area contributed by atoms with Gasteiger partial charge in [-0.25, -0.2) is 18.2 Å². The van der Waals surface area contributed by atoms with Crippen LogP contribution >= 0.6 is 0 Å². The van der Waals surface area contributed by atoms with Crippen molar-refractivity contribution in [3.05, 3.63) is 88.6 Å². The average Bonchev–Trinajstić information content (AvgIpc) is 3.49. The SMILES string of the molecule is C=C(O)[C@H]1[C@@H]2Cc3cc(OCc4cc(-c5cc(F)c(OC6CCC(C)(O)CC6)c(F)c5)c(C)cc4F)ncc3[C@@H]21. The standard InChI is InChI=1S/C32H32F3NO4/c1-16-8-25(33)20(15-39-28-13-18-9-23-29(17(2)37)30(23)24(18)14-36-28)10-22(16)19-11-26(34)31(27(35)12-19)40-21-4-6-32(3,38)7-5-21/h8,10-14,21,23,29-30,37-38H,2,4-7,9,15H2,1,3H3/t21?,23-,29-,30+,32?/m0/s1. The van der Waals surface area contributed by atoms with Crippen molar-refractivity contribution in [1.29, 1.82) is 0 Å². The van der Waals surface area contributed by atoms with Crippen LogP contribution in [0.15, 0.2) is 48.9 Å². The molecule has 40 heavy (non-hydrogen) atoms. The number of allylic oxidation sites excluding steroid dienone is 1. The van der Waals surface area contributed by atoms with E-state index in [4.69, 9.17) is 9.47 Å². The van der Waals surface area contributed by atoms with Gasteiger partial charge in [-0.2, -0.15) is 0 Å². The zero-order valence-electron chi connectivity index (χ0n) is 22.5. The van der Waals surface area contributed by atoms with Gasteiger partial charge >= 0.3 is 0 Å². The van der Waals surface area contributed by atoms with Gasteiger partial charge in [0.15, 0.2) is 17.4 Å². The quantitative estimate of drug-likeness (QED) is 0.307. The smallest absolute Gasteiger partial charge is 0.213 e. The Bertz CT molecular complexity index is 1470. The number of aromatic nitrogens is 1. The number of pyridine rings is 1. The molecule has 0 spiro atoms. The predicted octanol–water partition coefficient (Wildman–Crippen LogP) is 7.08. The zero-order valence-corrected chi connectivity index (χ0v) is 22.5. The third kappa shape index (κ3) is 4.94. The molecule has 2 fully saturated rings. The number of aryl methyl sites for hydroxylation is 1. The molecular formula is C32H32F3NO4. The third-order valence-electron chi connectivity index (χ3n) is 8.74. The minimum Gasteiger partial charge on any atom is -0.513 e. The van der Waals surface area contributed by atoms with Crippen molar-refractivity contribution in [1.82, 2.24) is 4.98 Å². The largest absolute Gasteiger partial charge is 0.513 e. The Hall–Kier alpha value is -3.52. The highest BCUT2D eigenvalue weighted by atomic mass is 19.1. The lowest BCUT2D eigenvalue weighted by Gasteiger charge is -2.33. The summed E-state index contributed by atoms with van der Waals surface area (Å²) in [6, 6.07) is 7.12. The molecule has 0 saturated heterocycles. The topological polar surface area (TPSA) is 71.8 Å². The second-order valence-corrected chi connectivity index (χ2v) is 11.8. The fourth-order valence-corrected chi connectivity index (χ4v) is 6.42. The molecule has 1 heterocycles. The van der Waals surface area contributed by atoms with Crippen LogP contribution in [-0.2, 0) is 13.0 Å². The Balaban J connectivity index is 1.17. The Labute approximate surface area is 231 Å². The fraction of sp³-hybridized carbons (Fsp3) is 0.406. The van der Waals surface area contributed by atoms with E-state index < -0.39 is 28.8 Å². The van der Waals surface area contributed by atoms with Crippen LogP contribution in [0.25, 0.3) is 11.1 Å². The van der Waals surface area contributed by atoms with Gasteiger partial charge < -0.3 is 19.7 Å². The number of ether oxygens (including phenoxy) is 2. The van der Waals surface area contributed by atoms with Gasteiger partial charge in [0.05, 0.1) is 17.5 Å². The van der Waals surface area contributed by atoms with Crippen LogP contribution in [0.3, 0.4) is 0 Å². The molecule has 0 amide bonds. The van der Waals surface area contributed by atoms with E-state index in [1.807, 2.05) is 6.07 Å². The van der Waals surface area contributed by atoms with E-state index in [9.17, 15) is 14.6 Å². The van der Waals surface area contributed by atoms with Gasteiger partial charge in [0.2, 0.25) is 5.88 Å². The summed E-state index contributed by atoms with van der Waals surface area (Å²) in [5, 5.41) is 19.9. The Morgan fingerprint density at radius 3 is 2.45 bits per heavy atom. The van der Waals surface area contributed by atoms with Gasteiger partial charge in [-0.15, -0.1) is 0 Å². The van der Waals surface area contributed by atoms with Gasteiger partial charge in [-0.3, -0.25) is 0 Å². The number of aliphatic hydroxyl groups excluding tert-OH is 1. The number of halogens is 3. The summed E-state index contributed by atoms with van der Waals surface area (Å²) < 4.78 is 56.4. The first kappa shape index (κ1) is 26.7. The lowest BCUT2D eigenvalue weighted by Crippen LogP contribution is -2.35. The number of rotatable bonds is 7. The second kappa shape index (κ2) is 9.84. The van der Waals surface area contributed by atoms with Crippen LogP contribution in [0.1, 0.15) is 60.8 Å². The van der Waals surface area contributed by atoms with Crippen molar-refractivity contribution in [3.63, 3.8) is 0 Å². The van der Waals surface area contributed by atoms with Crippen LogP contribution in [0.2, 0.25) is 0 Å². The van der Waals surface area contributed by atoms with Crippen molar-refractivity contribution >= 4 is 0 Å². The van der Waals surface area contributed by atoms with Gasteiger partial charge in [0, 0.05) is 23.7 Å². The maximum absolute atomic E-state index is 15.1. The molecule has 3 aliphatic rings. The molecule has 0 aliphatic heterocycles. The highest BCUT2D eigenvalue weighted by molar-refractivity contribution is 5.69. The zero-order chi connectivity index (χ0) is 28.3. The molecule has 2 aromatic carbocycles. The van der Waals surface area contributed by atoms with E-state index in [1.54, 1.807) is 26.1 Å². The lowest BCUT2D eigenvalue weighted by molar-refractivity contribution is -0.0123. The number of nitrogens with zero attached hydrogens (tertiary/aromatic N) is 1. The first-order valence-electron chi connectivity index (χ1n) is 13.7. The highest BCUT2D eigenvalue weighted by Crippen LogP contribution is 2.63. The van der Waals surface area contributed by atoms with E-state index >= 15 is 8.78 Å². The van der Waals surface area contributed by atoms with E-state index in [0.29, 0.717) is 48.6 Å². The third-order valence-corrected chi connectivity index (χ3v) is 8.74. The van der Waals surface area contributed by atoms with Crippen molar-refractivity contribution in [3.8, 4) is 22.8 Å². The Morgan fingerprint density at radius 1 is 1.07 bits per heavy atom. The summed E-state index contributed by atoms with van der Waals surface area (Å²) in [7, 11) is 0. The molecule has 0 unspecified atom stereocenters. The molecular weight excluding hydrogens is 519 g/mol. The first-order chi connectivity index (χ1) is 19.0. The van der Waals surface area contributed by atoms with E-state index in [0.717, 1.165) is 17.5 Å². The molecule has 3 aliphatic carbocycles. The number of fused-ring (bicyclic) bond motifs is 3. The summed E-state index contributed by atoms with van der Waals surface area (Å²) in [5.41, 5.74) is 2.93. The molecule has 8 heteroatoms. The highest BCUT2D eigenvalue weighted by Gasteiger charge is 2.57. The summed E-state index contributed by atoms with van der Waals surface area (Å²) >= 11 is 0. The molecule has 0 radical (unpaired) electrons. The number of benzene rings is 2. The summed E-state index contributed by atoms with van der Waals surface area (Å²) in [5.74, 6) is -1.31. The Morgan fingerprint density at radius 2 is 1.77 bits per heavy atom. The molecule has 5 nitrogen and oxygen atoms in total. The molecule has 3 aromatic rings. The van der Waals surface area contributed by atoms with Crippen LogP contribution < -0.4 is 9.47 Å². The maximum Gasteiger partial charge on any atom is 0.213 e. The van der Waals surface area contributed by atoms with Crippen molar-refractivity contribution in [2.24, 2.45) is 11.8 Å². The van der Waals surface area contributed by atoms with Gasteiger partial charge in [0.1, 0.15) is 12.4 Å². The average molecular weight is 552 g/mol. The number of aliphatic hydroxyl groups is 2. The monoisotopic (exact) mass is 551 g/mol. The molecule has 1 aromatic heterocycles. The van der Waals surface area contributed by atoms with Crippen LogP contribution in [-0.4, -0.2) is 26.9 Å². The maximum atomic E-state index is 15.1. The van der Waals surface area contributed by atoms with Gasteiger partial charge in [-0.05, 0) is 110 Å². The van der Waals surface area contributed by atoms with E-state index in [2.05, 4.69) is 11.6 Å². The molecule has 2 N–H and O–H groups in total. The van der Waals surface area contributed by atoms with Crippen molar-refractivity contribution < 1.29 is 32.9 Å². The molecule has 0 bridgehead atoms. The van der Waals surface area contributed by atoms with E-state index in [1.165, 1.54) is 18.2 Å². The lowest BCUT2D eigenvalue weighted by atomic mass is 9.85. The molecule has 6 rings (SSSR count).